The van der Waals surface area contributed by atoms with E-state index in [0.717, 1.165) is 19.3 Å². The minimum absolute atomic E-state index is 0.0759. The van der Waals surface area contributed by atoms with Crippen molar-refractivity contribution in [2.45, 2.75) is 71.4 Å². The molecule has 0 aromatic heterocycles. The lowest BCUT2D eigenvalue weighted by Crippen LogP contribution is -2.43. The van der Waals surface area contributed by atoms with Gasteiger partial charge in [-0.3, -0.25) is 14.5 Å². The molecule has 6 heteroatoms. The van der Waals surface area contributed by atoms with Crippen LogP contribution in [0.4, 0.5) is 4.79 Å². The molecule has 3 amide bonds. The molecule has 6 nitrogen and oxygen atoms in total. The van der Waals surface area contributed by atoms with E-state index in [2.05, 4.69) is 12.2 Å². The van der Waals surface area contributed by atoms with Crippen molar-refractivity contribution in [3.05, 3.63) is 29.3 Å². The van der Waals surface area contributed by atoms with Gasteiger partial charge in [0.25, 0.3) is 5.91 Å². The van der Waals surface area contributed by atoms with Gasteiger partial charge < -0.3 is 10.1 Å². The summed E-state index contributed by atoms with van der Waals surface area (Å²) in [4.78, 5) is 38.2. The number of unbranched alkanes of at least 4 members (excludes halogenated alkanes) is 4. The molecular weight excluding hydrogens is 344 g/mol. The summed E-state index contributed by atoms with van der Waals surface area (Å²) in [5, 5.41) is 2.85. The normalized spacial score (nSPS) is 19.3. The summed E-state index contributed by atoms with van der Waals surface area (Å²) in [6, 6.07) is 4.66. The van der Waals surface area contributed by atoms with Crippen LogP contribution in [0.1, 0.15) is 75.2 Å². The second-order valence-corrected chi connectivity index (χ2v) is 7.40. The summed E-state index contributed by atoms with van der Waals surface area (Å²) < 4.78 is 5.33. The number of carbonyl (C=O) groups is 3. The van der Waals surface area contributed by atoms with Gasteiger partial charge in [-0.2, -0.15) is 0 Å². The molecule has 1 aliphatic rings. The van der Waals surface area contributed by atoms with Crippen LogP contribution in [0.25, 0.3) is 0 Å². The predicted octanol–water partition coefficient (Wildman–Crippen LogP) is 4.07. The lowest BCUT2D eigenvalue weighted by molar-refractivity contribution is -0.131. The molecule has 1 aromatic carbocycles. The molecule has 1 N–H and O–H groups in total. The third kappa shape index (κ3) is 4.87. The fourth-order valence-electron chi connectivity index (χ4n) is 3.43. The van der Waals surface area contributed by atoms with Crippen LogP contribution in [-0.2, 0) is 11.3 Å². The van der Waals surface area contributed by atoms with Gasteiger partial charge in [0, 0.05) is 11.1 Å². The maximum atomic E-state index is 12.9. The fraction of sp³-hybridized carbons (Fsp3) is 0.571. The monoisotopic (exact) mass is 374 g/mol. The van der Waals surface area contributed by atoms with E-state index < -0.39 is 11.6 Å². The van der Waals surface area contributed by atoms with Crippen LogP contribution in [0.15, 0.2) is 18.2 Å². The number of urea groups is 1. The zero-order valence-electron chi connectivity index (χ0n) is 16.8. The number of amides is 3. The molecule has 1 atom stereocenters. The molecule has 0 radical (unpaired) electrons. The van der Waals surface area contributed by atoms with Crippen molar-refractivity contribution in [3.8, 4) is 5.75 Å². The van der Waals surface area contributed by atoms with E-state index in [0.29, 0.717) is 23.3 Å². The molecule has 1 heterocycles. The molecule has 148 valence electrons. The predicted molar refractivity (Wildman–Crippen MR) is 104 cm³/mol. The van der Waals surface area contributed by atoms with Crippen molar-refractivity contribution < 1.29 is 19.1 Å². The Balaban J connectivity index is 2.11. The molecule has 0 saturated carbocycles. The van der Waals surface area contributed by atoms with Crippen molar-refractivity contribution in [1.29, 1.82) is 0 Å². The topological polar surface area (TPSA) is 75.7 Å². The van der Waals surface area contributed by atoms with Gasteiger partial charge in [0.2, 0.25) is 0 Å². The zero-order valence-corrected chi connectivity index (χ0v) is 16.8. The number of ketones is 1. The van der Waals surface area contributed by atoms with Crippen LogP contribution >= 0.6 is 0 Å². The van der Waals surface area contributed by atoms with Gasteiger partial charge in [0.1, 0.15) is 11.3 Å². The number of nitrogens with zero attached hydrogens (tertiary/aromatic N) is 1. The molecule has 0 bridgehead atoms. The van der Waals surface area contributed by atoms with Gasteiger partial charge >= 0.3 is 6.03 Å². The first-order valence-corrected chi connectivity index (χ1v) is 9.64. The van der Waals surface area contributed by atoms with Crippen molar-refractivity contribution in [2.75, 3.05) is 7.11 Å². The number of imide groups is 1. The summed E-state index contributed by atoms with van der Waals surface area (Å²) in [5.74, 6) is 0.250. The highest BCUT2D eigenvalue weighted by atomic mass is 16.5. The highest BCUT2D eigenvalue weighted by Gasteiger charge is 2.47. The Bertz CT molecular complexity index is 716. The number of Topliss-reactive ketones (excluding diaryl/α,β-unsaturated/α-hetero) is 1. The molecule has 1 aromatic rings. The van der Waals surface area contributed by atoms with E-state index in [1.165, 1.54) is 31.8 Å². The van der Waals surface area contributed by atoms with Crippen molar-refractivity contribution in [3.63, 3.8) is 0 Å². The SMILES string of the molecule is CCCCCCCC1(C)NC(=O)N(Cc2cc(C(C)=O)ccc2OC)C1=O. The van der Waals surface area contributed by atoms with Gasteiger partial charge in [0.15, 0.2) is 5.78 Å². The number of hydrogen-bond donors (Lipinski definition) is 1. The average molecular weight is 374 g/mol. The Morgan fingerprint density at radius 2 is 1.89 bits per heavy atom. The molecular formula is C21H30N2O4. The number of carbonyl (C=O) groups excluding carboxylic acids is 3. The Morgan fingerprint density at radius 1 is 1.19 bits per heavy atom. The van der Waals surface area contributed by atoms with Crippen LogP contribution in [0.2, 0.25) is 0 Å². The van der Waals surface area contributed by atoms with Crippen LogP contribution in [0, 0.1) is 0 Å². The quantitative estimate of drug-likeness (QED) is 0.380. The third-order valence-corrected chi connectivity index (χ3v) is 5.14. The molecule has 27 heavy (non-hydrogen) atoms. The first-order valence-electron chi connectivity index (χ1n) is 9.64. The van der Waals surface area contributed by atoms with Gasteiger partial charge in [-0.25, -0.2) is 4.79 Å². The smallest absolute Gasteiger partial charge is 0.325 e. The Labute approximate surface area is 161 Å². The van der Waals surface area contributed by atoms with E-state index >= 15 is 0 Å². The Hall–Kier alpha value is -2.37. The minimum Gasteiger partial charge on any atom is -0.496 e. The third-order valence-electron chi connectivity index (χ3n) is 5.14. The summed E-state index contributed by atoms with van der Waals surface area (Å²) in [7, 11) is 1.53. The van der Waals surface area contributed by atoms with Crippen LogP contribution in [0.5, 0.6) is 5.75 Å². The van der Waals surface area contributed by atoms with Crippen molar-refractivity contribution in [1.82, 2.24) is 10.2 Å². The Morgan fingerprint density at radius 3 is 2.52 bits per heavy atom. The molecule has 0 aliphatic carbocycles. The van der Waals surface area contributed by atoms with E-state index in [1.807, 2.05) is 0 Å². The number of rotatable bonds is 10. The standard InChI is InChI=1S/C21H30N2O4/c1-5-6-7-8-9-12-21(3)19(25)23(20(26)22-21)14-17-13-16(15(2)24)10-11-18(17)27-4/h10-11,13H,5-9,12,14H2,1-4H3,(H,22,26). The van der Waals surface area contributed by atoms with E-state index in [1.54, 1.807) is 25.1 Å². The van der Waals surface area contributed by atoms with Crippen LogP contribution in [-0.4, -0.2) is 35.3 Å². The van der Waals surface area contributed by atoms with Crippen LogP contribution in [0.3, 0.4) is 0 Å². The molecule has 1 saturated heterocycles. The second-order valence-electron chi connectivity index (χ2n) is 7.40. The number of benzene rings is 1. The van der Waals surface area contributed by atoms with E-state index in [4.69, 9.17) is 4.74 Å². The minimum atomic E-state index is -0.866. The number of methoxy groups -OCH3 is 1. The summed E-state index contributed by atoms with van der Waals surface area (Å²) >= 11 is 0. The molecule has 0 spiro atoms. The van der Waals surface area contributed by atoms with Gasteiger partial charge in [-0.1, -0.05) is 39.0 Å². The van der Waals surface area contributed by atoms with Gasteiger partial charge in [-0.05, 0) is 38.5 Å². The number of ether oxygens (including phenoxy) is 1. The molecule has 1 unspecified atom stereocenters. The van der Waals surface area contributed by atoms with Gasteiger partial charge in [0.05, 0.1) is 13.7 Å². The zero-order chi connectivity index (χ0) is 20.0. The first kappa shape index (κ1) is 20.9. The first-order chi connectivity index (χ1) is 12.8. The Kier molecular flexibility index (Phi) is 6.99. The summed E-state index contributed by atoms with van der Waals surface area (Å²) in [6.07, 6.45) is 6.09. The highest BCUT2D eigenvalue weighted by molar-refractivity contribution is 6.06. The lowest BCUT2D eigenvalue weighted by Gasteiger charge is -2.22. The largest absolute Gasteiger partial charge is 0.496 e. The second kappa shape index (κ2) is 9.02. The van der Waals surface area contributed by atoms with E-state index in [-0.39, 0.29) is 18.2 Å². The maximum absolute atomic E-state index is 12.9. The number of nitrogens with one attached hydrogen (secondary N) is 1. The summed E-state index contributed by atoms with van der Waals surface area (Å²) in [6.45, 7) is 5.51. The highest BCUT2D eigenvalue weighted by Crippen LogP contribution is 2.28. The summed E-state index contributed by atoms with van der Waals surface area (Å²) in [5.41, 5.74) is 0.298. The lowest BCUT2D eigenvalue weighted by atomic mass is 9.94. The van der Waals surface area contributed by atoms with Crippen molar-refractivity contribution >= 4 is 17.7 Å². The molecule has 1 fully saturated rings. The molecule has 2 rings (SSSR count). The maximum Gasteiger partial charge on any atom is 0.325 e. The van der Waals surface area contributed by atoms with Crippen LogP contribution < -0.4 is 10.1 Å². The van der Waals surface area contributed by atoms with E-state index in [9.17, 15) is 14.4 Å². The van der Waals surface area contributed by atoms with Gasteiger partial charge in [-0.15, -0.1) is 0 Å². The van der Waals surface area contributed by atoms with Crippen molar-refractivity contribution in [2.24, 2.45) is 0 Å². The molecule has 1 aliphatic heterocycles. The fourth-order valence-corrected chi connectivity index (χ4v) is 3.43. The number of hydrogen-bond acceptors (Lipinski definition) is 4. The average Bonchev–Trinajstić information content (AvgIpc) is 2.84.